The van der Waals surface area contributed by atoms with E-state index in [1.54, 1.807) is 24.3 Å². The fourth-order valence-corrected chi connectivity index (χ4v) is 2.42. The van der Waals surface area contributed by atoms with Crippen LogP contribution in [-0.2, 0) is 0 Å². The Kier molecular flexibility index (Phi) is 3.06. The molecule has 0 N–H and O–H groups in total. The van der Waals surface area contributed by atoms with E-state index in [4.69, 9.17) is 9.47 Å². The van der Waals surface area contributed by atoms with Gasteiger partial charge in [-0.05, 0) is 23.9 Å². The maximum Gasteiger partial charge on any atom is 0.352 e. The minimum absolute atomic E-state index is 0.114. The standard InChI is InChI=1S/C9H7BrF2O2S/c10-9(11,12)15-8-5-13-6-3-1-2-4-7(6)14-8/h1-4,8H,5H2. The van der Waals surface area contributed by atoms with Gasteiger partial charge < -0.3 is 9.47 Å². The summed E-state index contributed by atoms with van der Waals surface area (Å²) < 4.78 is 32.9. The zero-order valence-electron chi connectivity index (χ0n) is 7.45. The second kappa shape index (κ2) is 4.17. The number of halogens is 3. The Morgan fingerprint density at radius 1 is 1.33 bits per heavy atom. The summed E-state index contributed by atoms with van der Waals surface area (Å²) in [5.74, 6) is 1.09. The largest absolute Gasteiger partial charge is 0.485 e. The van der Waals surface area contributed by atoms with Crippen molar-refractivity contribution in [1.29, 1.82) is 0 Å². The van der Waals surface area contributed by atoms with E-state index in [2.05, 4.69) is 15.9 Å². The number of fused-ring (bicyclic) bond motifs is 1. The number of hydrogen-bond acceptors (Lipinski definition) is 3. The molecule has 0 aliphatic carbocycles. The molecule has 0 radical (unpaired) electrons. The van der Waals surface area contributed by atoms with Crippen molar-refractivity contribution in [3.63, 3.8) is 0 Å². The van der Waals surface area contributed by atoms with Gasteiger partial charge in [0.2, 0.25) is 0 Å². The first-order valence-electron chi connectivity index (χ1n) is 4.17. The van der Waals surface area contributed by atoms with Crippen LogP contribution in [0.25, 0.3) is 0 Å². The number of alkyl halides is 3. The number of rotatable bonds is 2. The quantitative estimate of drug-likeness (QED) is 0.779. The maximum absolute atomic E-state index is 12.6. The van der Waals surface area contributed by atoms with E-state index in [1.165, 1.54) is 0 Å². The zero-order valence-corrected chi connectivity index (χ0v) is 9.85. The van der Waals surface area contributed by atoms with Gasteiger partial charge in [0, 0.05) is 15.9 Å². The molecular weight excluding hydrogens is 290 g/mol. The number of thioether (sulfide) groups is 1. The van der Waals surface area contributed by atoms with Gasteiger partial charge in [-0.25, -0.2) is 0 Å². The summed E-state index contributed by atoms with van der Waals surface area (Å²) in [5.41, 5.74) is -0.700. The average molecular weight is 297 g/mol. The van der Waals surface area contributed by atoms with E-state index in [9.17, 15) is 8.78 Å². The van der Waals surface area contributed by atoms with Crippen LogP contribution >= 0.6 is 27.7 Å². The van der Waals surface area contributed by atoms with Gasteiger partial charge in [-0.1, -0.05) is 12.1 Å². The van der Waals surface area contributed by atoms with Crippen LogP contribution in [0.15, 0.2) is 24.3 Å². The van der Waals surface area contributed by atoms with Crippen molar-refractivity contribution in [3.8, 4) is 11.5 Å². The highest BCUT2D eigenvalue weighted by Gasteiger charge is 2.33. The minimum atomic E-state index is -2.99. The molecule has 2 nitrogen and oxygen atoms in total. The van der Waals surface area contributed by atoms with Crippen LogP contribution in [0, 0.1) is 0 Å². The number of benzene rings is 1. The molecule has 1 aromatic rings. The van der Waals surface area contributed by atoms with Crippen molar-refractivity contribution in [2.45, 2.75) is 9.60 Å². The topological polar surface area (TPSA) is 18.5 Å². The first-order valence-corrected chi connectivity index (χ1v) is 5.85. The van der Waals surface area contributed by atoms with Crippen LogP contribution in [-0.4, -0.2) is 16.2 Å². The summed E-state index contributed by atoms with van der Waals surface area (Å²) in [5, 5.41) is 0. The lowest BCUT2D eigenvalue weighted by Crippen LogP contribution is -2.28. The van der Waals surface area contributed by atoms with Crippen molar-refractivity contribution < 1.29 is 18.3 Å². The fraction of sp³-hybridized carbons (Fsp3) is 0.333. The maximum atomic E-state index is 12.6. The predicted octanol–water partition coefficient (Wildman–Crippen LogP) is 3.46. The molecule has 0 fully saturated rings. The van der Waals surface area contributed by atoms with E-state index in [1.807, 2.05) is 0 Å². The molecule has 1 unspecified atom stereocenters. The molecule has 0 saturated heterocycles. The molecule has 1 aromatic carbocycles. The number of para-hydroxylation sites is 2. The molecule has 1 aliphatic heterocycles. The van der Waals surface area contributed by atoms with Crippen LogP contribution in [0.4, 0.5) is 8.78 Å². The first kappa shape index (κ1) is 11.0. The second-order valence-corrected chi connectivity index (χ2v) is 5.66. The average Bonchev–Trinajstić information content (AvgIpc) is 2.15. The highest BCUT2D eigenvalue weighted by Crippen LogP contribution is 2.42. The first-order chi connectivity index (χ1) is 7.04. The van der Waals surface area contributed by atoms with Gasteiger partial charge in [0.25, 0.3) is 0 Å². The minimum Gasteiger partial charge on any atom is -0.485 e. The third-order valence-corrected chi connectivity index (χ3v) is 3.07. The third kappa shape index (κ3) is 2.98. The Labute approximate surface area is 98.1 Å². The highest BCUT2D eigenvalue weighted by molar-refractivity contribution is 9.11. The lowest BCUT2D eigenvalue weighted by molar-refractivity contribution is 0.140. The molecular formula is C9H7BrF2O2S. The van der Waals surface area contributed by atoms with Crippen LogP contribution in [0.2, 0.25) is 0 Å². The van der Waals surface area contributed by atoms with Crippen LogP contribution < -0.4 is 9.47 Å². The zero-order chi connectivity index (χ0) is 10.9. The molecule has 0 saturated carbocycles. The molecule has 0 amide bonds. The Bertz CT molecular complexity index is 356. The van der Waals surface area contributed by atoms with Crippen LogP contribution in [0.1, 0.15) is 0 Å². The molecule has 82 valence electrons. The smallest absolute Gasteiger partial charge is 0.352 e. The van der Waals surface area contributed by atoms with Gasteiger partial charge in [0.15, 0.2) is 16.9 Å². The Morgan fingerprint density at radius 3 is 2.67 bits per heavy atom. The summed E-state index contributed by atoms with van der Waals surface area (Å²) in [6, 6.07) is 6.99. The predicted molar refractivity (Wildman–Crippen MR) is 57.8 cm³/mol. The normalized spacial score (nSPS) is 20.1. The Morgan fingerprint density at radius 2 is 2.00 bits per heavy atom. The molecule has 0 aromatic heterocycles. The van der Waals surface area contributed by atoms with Crippen molar-refractivity contribution in [2.24, 2.45) is 0 Å². The van der Waals surface area contributed by atoms with Crippen molar-refractivity contribution >= 4 is 27.7 Å². The molecule has 0 spiro atoms. The summed E-state index contributed by atoms with van der Waals surface area (Å²) in [6.45, 7) is 0.114. The molecule has 15 heavy (non-hydrogen) atoms. The van der Waals surface area contributed by atoms with Gasteiger partial charge in [0.1, 0.15) is 6.61 Å². The van der Waals surface area contributed by atoms with Gasteiger partial charge >= 0.3 is 4.16 Å². The molecule has 1 heterocycles. The van der Waals surface area contributed by atoms with Gasteiger partial charge in [-0.3, -0.25) is 0 Å². The monoisotopic (exact) mass is 296 g/mol. The Hall–Kier alpha value is -0.490. The molecule has 2 rings (SSSR count). The van der Waals surface area contributed by atoms with Gasteiger partial charge in [-0.15, -0.1) is 0 Å². The van der Waals surface area contributed by atoms with E-state index in [0.717, 1.165) is 0 Å². The summed E-state index contributed by atoms with van der Waals surface area (Å²) in [7, 11) is 0. The second-order valence-electron chi connectivity index (χ2n) is 2.87. The fourth-order valence-electron chi connectivity index (χ4n) is 1.21. The SMILES string of the molecule is FC(F)(Br)SC1COc2ccccc2O1. The summed E-state index contributed by atoms with van der Waals surface area (Å²) in [6.07, 6.45) is 0. The van der Waals surface area contributed by atoms with Crippen LogP contribution in [0.5, 0.6) is 11.5 Å². The number of ether oxygens (including phenoxy) is 2. The summed E-state index contributed by atoms with van der Waals surface area (Å²) >= 11 is 2.63. The highest BCUT2D eigenvalue weighted by atomic mass is 79.9. The molecule has 1 atom stereocenters. The van der Waals surface area contributed by atoms with Crippen molar-refractivity contribution in [2.75, 3.05) is 6.61 Å². The van der Waals surface area contributed by atoms with Gasteiger partial charge in [0.05, 0.1) is 0 Å². The van der Waals surface area contributed by atoms with Gasteiger partial charge in [-0.2, -0.15) is 8.78 Å². The van der Waals surface area contributed by atoms with E-state index in [0.29, 0.717) is 23.3 Å². The van der Waals surface area contributed by atoms with Crippen molar-refractivity contribution in [1.82, 2.24) is 0 Å². The lowest BCUT2D eigenvalue weighted by atomic mass is 10.3. The van der Waals surface area contributed by atoms with Crippen LogP contribution in [0.3, 0.4) is 0 Å². The number of hydrogen-bond donors (Lipinski definition) is 0. The van der Waals surface area contributed by atoms with Crippen molar-refractivity contribution in [3.05, 3.63) is 24.3 Å². The third-order valence-electron chi connectivity index (χ3n) is 1.75. The Balaban J connectivity index is 2.06. The lowest BCUT2D eigenvalue weighted by Gasteiger charge is -2.26. The van der Waals surface area contributed by atoms with E-state index in [-0.39, 0.29) is 6.61 Å². The molecule has 6 heteroatoms. The van der Waals surface area contributed by atoms with E-state index < -0.39 is 9.60 Å². The molecule has 1 aliphatic rings. The van der Waals surface area contributed by atoms with E-state index >= 15 is 0 Å². The molecule has 0 bridgehead atoms. The summed E-state index contributed by atoms with van der Waals surface area (Å²) in [4.78, 5) is 0.